The molecule has 3 rings (SSSR count). The minimum atomic E-state index is -0.114. The molecule has 1 N–H and O–H groups in total. The quantitative estimate of drug-likeness (QED) is 0.922. The van der Waals surface area contributed by atoms with Crippen LogP contribution < -0.4 is 5.32 Å². The van der Waals surface area contributed by atoms with Crippen LogP contribution in [-0.4, -0.2) is 23.8 Å². The molecule has 5 heteroatoms. The first-order chi connectivity index (χ1) is 11.0. The fourth-order valence-electron chi connectivity index (χ4n) is 2.58. The summed E-state index contributed by atoms with van der Waals surface area (Å²) in [5.74, 6) is 1.21. The molecule has 2 amide bonds. The lowest BCUT2D eigenvalue weighted by molar-refractivity contribution is -0.117. The Balaban J connectivity index is 1.66. The van der Waals surface area contributed by atoms with Crippen LogP contribution in [0.15, 0.2) is 47.1 Å². The Bertz CT molecular complexity index is 709. The Morgan fingerprint density at radius 2 is 2.09 bits per heavy atom. The summed E-state index contributed by atoms with van der Waals surface area (Å²) < 4.78 is 5.26. The number of nitrogens with one attached hydrogen (secondary N) is 1. The molecule has 1 aromatic carbocycles. The van der Waals surface area contributed by atoms with E-state index >= 15 is 0 Å². The second-order valence-corrected chi connectivity index (χ2v) is 6.13. The highest BCUT2D eigenvalue weighted by atomic mass is 16.3. The zero-order valence-corrected chi connectivity index (χ0v) is 13.3. The Morgan fingerprint density at radius 3 is 2.74 bits per heavy atom. The Morgan fingerprint density at radius 1 is 1.30 bits per heavy atom. The van der Waals surface area contributed by atoms with E-state index in [0.717, 1.165) is 12.2 Å². The number of carbonyl (C=O) groups is 2. The van der Waals surface area contributed by atoms with Gasteiger partial charge in [0.1, 0.15) is 5.76 Å². The normalized spacial score (nSPS) is 19.2. The van der Waals surface area contributed by atoms with Gasteiger partial charge in [-0.05, 0) is 42.7 Å². The van der Waals surface area contributed by atoms with E-state index in [1.54, 1.807) is 48.5 Å². The van der Waals surface area contributed by atoms with Crippen molar-refractivity contribution in [2.24, 2.45) is 11.8 Å². The standard InChI is InChI=1S/C18H20N2O3/c1-12-9-16(12)17(21)19-14-6-3-5-13(10-14)18(22)20(2)11-15-7-4-8-23-15/h3-8,10,12,16H,9,11H2,1-2H3,(H,19,21). The van der Waals surface area contributed by atoms with E-state index in [2.05, 4.69) is 12.2 Å². The van der Waals surface area contributed by atoms with E-state index < -0.39 is 0 Å². The number of amides is 2. The summed E-state index contributed by atoms with van der Waals surface area (Å²) in [6.07, 6.45) is 2.53. The zero-order chi connectivity index (χ0) is 16.4. The summed E-state index contributed by atoms with van der Waals surface area (Å²) in [6.45, 7) is 2.47. The van der Waals surface area contributed by atoms with E-state index in [1.165, 1.54) is 0 Å². The van der Waals surface area contributed by atoms with Gasteiger partial charge in [0.05, 0.1) is 12.8 Å². The predicted octanol–water partition coefficient (Wildman–Crippen LogP) is 3.15. The Labute approximate surface area is 135 Å². The van der Waals surface area contributed by atoms with Gasteiger partial charge in [0, 0.05) is 24.2 Å². The molecule has 2 aromatic rings. The van der Waals surface area contributed by atoms with Crippen molar-refractivity contribution in [1.82, 2.24) is 4.90 Å². The molecular weight excluding hydrogens is 292 g/mol. The summed E-state index contributed by atoms with van der Waals surface area (Å²) in [6, 6.07) is 10.7. The summed E-state index contributed by atoms with van der Waals surface area (Å²) >= 11 is 0. The first kappa shape index (κ1) is 15.3. The highest BCUT2D eigenvalue weighted by Gasteiger charge is 2.39. The molecule has 0 aliphatic heterocycles. The van der Waals surface area contributed by atoms with Crippen LogP contribution in [0.1, 0.15) is 29.5 Å². The van der Waals surface area contributed by atoms with Gasteiger partial charge in [0.25, 0.3) is 5.91 Å². The van der Waals surface area contributed by atoms with Gasteiger partial charge in [0.2, 0.25) is 5.91 Å². The fraction of sp³-hybridized carbons (Fsp3) is 0.333. The van der Waals surface area contributed by atoms with Crippen LogP contribution >= 0.6 is 0 Å². The third kappa shape index (κ3) is 3.62. The Hall–Kier alpha value is -2.56. The van der Waals surface area contributed by atoms with Crippen molar-refractivity contribution in [3.05, 3.63) is 54.0 Å². The smallest absolute Gasteiger partial charge is 0.254 e. The monoisotopic (exact) mass is 312 g/mol. The van der Waals surface area contributed by atoms with Crippen LogP contribution in [0.25, 0.3) is 0 Å². The molecule has 2 atom stereocenters. The van der Waals surface area contributed by atoms with Crippen LogP contribution in [0.4, 0.5) is 5.69 Å². The lowest BCUT2D eigenvalue weighted by Gasteiger charge is -2.16. The maximum atomic E-state index is 12.5. The van der Waals surface area contributed by atoms with E-state index in [-0.39, 0.29) is 17.7 Å². The average molecular weight is 312 g/mol. The molecule has 1 fully saturated rings. The molecule has 1 aromatic heterocycles. The predicted molar refractivity (Wildman–Crippen MR) is 86.8 cm³/mol. The molecule has 0 saturated heterocycles. The number of nitrogens with zero attached hydrogens (tertiary/aromatic N) is 1. The molecule has 0 spiro atoms. The third-order valence-electron chi connectivity index (χ3n) is 4.14. The second-order valence-electron chi connectivity index (χ2n) is 6.13. The molecule has 2 unspecified atom stereocenters. The molecule has 5 nitrogen and oxygen atoms in total. The number of rotatable bonds is 5. The first-order valence-corrected chi connectivity index (χ1v) is 7.73. The zero-order valence-electron chi connectivity index (χ0n) is 13.3. The number of furan rings is 1. The van der Waals surface area contributed by atoms with E-state index in [0.29, 0.717) is 23.7 Å². The minimum Gasteiger partial charge on any atom is -0.467 e. The lowest BCUT2D eigenvalue weighted by Crippen LogP contribution is -2.26. The molecule has 1 aliphatic rings. The summed E-state index contributed by atoms with van der Waals surface area (Å²) in [5, 5.41) is 2.89. The van der Waals surface area contributed by atoms with Gasteiger partial charge < -0.3 is 14.6 Å². The van der Waals surface area contributed by atoms with Crippen molar-refractivity contribution < 1.29 is 14.0 Å². The van der Waals surface area contributed by atoms with Gasteiger partial charge in [-0.3, -0.25) is 9.59 Å². The first-order valence-electron chi connectivity index (χ1n) is 7.73. The van der Waals surface area contributed by atoms with Crippen molar-refractivity contribution in [2.45, 2.75) is 19.9 Å². The molecule has 1 saturated carbocycles. The topological polar surface area (TPSA) is 62.6 Å². The van der Waals surface area contributed by atoms with Gasteiger partial charge in [0.15, 0.2) is 0 Å². The van der Waals surface area contributed by atoms with Crippen molar-refractivity contribution in [1.29, 1.82) is 0 Å². The lowest BCUT2D eigenvalue weighted by atomic mass is 10.1. The summed E-state index contributed by atoms with van der Waals surface area (Å²) in [4.78, 5) is 26.1. The SMILES string of the molecule is CC1CC1C(=O)Nc1cccc(C(=O)N(C)Cc2ccco2)c1. The molecule has 23 heavy (non-hydrogen) atoms. The van der Waals surface area contributed by atoms with Crippen LogP contribution in [0.5, 0.6) is 0 Å². The van der Waals surface area contributed by atoms with Crippen LogP contribution in [0.2, 0.25) is 0 Å². The van der Waals surface area contributed by atoms with Crippen molar-refractivity contribution in [3.8, 4) is 0 Å². The van der Waals surface area contributed by atoms with Gasteiger partial charge in [-0.2, -0.15) is 0 Å². The second kappa shape index (κ2) is 6.28. The van der Waals surface area contributed by atoms with Gasteiger partial charge >= 0.3 is 0 Å². The van der Waals surface area contributed by atoms with E-state index in [9.17, 15) is 9.59 Å². The number of hydrogen-bond acceptors (Lipinski definition) is 3. The number of carbonyl (C=O) groups excluding carboxylic acids is 2. The van der Waals surface area contributed by atoms with Crippen molar-refractivity contribution >= 4 is 17.5 Å². The number of hydrogen-bond donors (Lipinski definition) is 1. The van der Waals surface area contributed by atoms with Gasteiger partial charge in [-0.1, -0.05) is 13.0 Å². The third-order valence-corrected chi connectivity index (χ3v) is 4.14. The molecular formula is C18H20N2O3. The Kier molecular flexibility index (Phi) is 4.19. The van der Waals surface area contributed by atoms with Crippen molar-refractivity contribution in [3.63, 3.8) is 0 Å². The minimum absolute atomic E-state index is 0.0334. The maximum Gasteiger partial charge on any atom is 0.254 e. The van der Waals surface area contributed by atoms with Gasteiger partial charge in [-0.25, -0.2) is 0 Å². The molecule has 0 bridgehead atoms. The molecule has 0 radical (unpaired) electrons. The highest BCUT2D eigenvalue weighted by molar-refractivity contribution is 5.98. The van der Waals surface area contributed by atoms with Crippen LogP contribution in [0.3, 0.4) is 0 Å². The van der Waals surface area contributed by atoms with Gasteiger partial charge in [-0.15, -0.1) is 0 Å². The highest BCUT2D eigenvalue weighted by Crippen LogP contribution is 2.38. The molecule has 1 aliphatic carbocycles. The number of benzene rings is 1. The largest absolute Gasteiger partial charge is 0.467 e. The molecule has 1 heterocycles. The van der Waals surface area contributed by atoms with E-state index in [4.69, 9.17) is 4.42 Å². The van der Waals surface area contributed by atoms with E-state index in [1.807, 2.05) is 6.07 Å². The summed E-state index contributed by atoms with van der Waals surface area (Å²) in [7, 11) is 1.72. The molecule has 120 valence electrons. The van der Waals surface area contributed by atoms with Crippen LogP contribution in [0, 0.1) is 11.8 Å². The van der Waals surface area contributed by atoms with Crippen molar-refractivity contribution in [2.75, 3.05) is 12.4 Å². The summed E-state index contributed by atoms with van der Waals surface area (Å²) in [5.41, 5.74) is 1.20. The van der Waals surface area contributed by atoms with Crippen LogP contribution in [-0.2, 0) is 11.3 Å². The maximum absolute atomic E-state index is 12.5. The fourth-order valence-corrected chi connectivity index (χ4v) is 2.58. The number of anilines is 1. The average Bonchev–Trinajstić information content (AvgIpc) is 3.05.